The first-order valence-electron chi connectivity index (χ1n) is 13.7. The van der Waals surface area contributed by atoms with E-state index in [4.69, 9.17) is 4.98 Å². The van der Waals surface area contributed by atoms with Crippen molar-refractivity contribution < 1.29 is 17.6 Å². The molecule has 5 heterocycles. The van der Waals surface area contributed by atoms with Crippen molar-refractivity contribution in [3.05, 3.63) is 72.6 Å². The monoisotopic (exact) mass is 613 g/mol. The summed E-state index contributed by atoms with van der Waals surface area (Å²) in [5, 5.41) is 11.0. The lowest BCUT2D eigenvalue weighted by atomic mass is 10.0. The van der Waals surface area contributed by atoms with E-state index < -0.39 is 15.8 Å². The van der Waals surface area contributed by atoms with Crippen LogP contribution in [-0.2, 0) is 21.4 Å². The number of fused-ring (bicyclic) bond motifs is 2. The van der Waals surface area contributed by atoms with Crippen molar-refractivity contribution >= 4 is 43.8 Å². The van der Waals surface area contributed by atoms with Gasteiger partial charge in [-0.05, 0) is 53.4 Å². The number of carbonyl (C=O) groups is 1. The van der Waals surface area contributed by atoms with Crippen molar-refractivity contribution in [2.24, 2.45) is 5.92 Å². The van der Waals surface area contributed by atoms with Crippen LogP contribution in [0.25, 0.3) is 56.0 Å². The molecule has 0 saturated carbocycles. The van der Waals surface area contributed by atoms with Crippen LogP contribution in [0.15, 0.2) is 61.2 Å². The third kappa shape index (κ3) is 6.31. The zero-order valence-corrected chi connectivity index (χ0v) is 24.8. The van der Waals surface area contributed by atoms with Crippen molar-refractivity contribution in [2.75, 3.05) is 11.6 Å². The number of benzene rings is 1. The van der Waals surface area contributed by atoms with Crippen LogP contribution >= 0.6 is 0 Å². The third-order valence-corrected chi connectivity index (χ3v) is 7.45. The number of nitrogens with zero attached hydrogens (tertiary/aromatic N) is 5. The van der Waals surface area contributed by atoms with Crippen molar-refractivity contribution in [3.63, 3.8) is 0 Å². The van der Waals surface area contributed by atoms with Gasteiger partial charge in [-0.1, -0.05) is 13.8 Å². The fourth-order valence-corrected chi connectivity index (χ4v) is 5.30. The van der Waals surface area contributed by atoms with Crippen LogP contribution in [0.5, 0.6) is 0 Å². The molecular formula is C30H28FN9O3S. The summed E-state index contributed by atoms with van der Waals surface area (Å²) >= 11 is 0. The van der Waals surface area contributed by atoms with Crippen LogP contribution in [0.1, 0.15) is 25.8 Å². The van der Waals surface area contributed by atoms with E-state index in [-0.39, 0.29) is 18.4 Å². The minimum absolute atomic E-state index is 0.0546. The van der Waals surface area contributed by atoms with Gasteiger partial charge < -0.3 is 10.3 Å². The van der Waals surface area contributed by atoms with Gasteiger partial charge in [-0.3, -0.25) is 14.9 Å². The molecule has 0 aliphatic carbocycles. The number of amides is 1. The molecule has 0 aliphatic rings. The van der Waals surface area contributed by atoms with Crippen LogP contribution in [0.3, 0.4) is 0 Å². The van der Waals surface area contributed by atoms with Crippen molar-refractivity contribution in [1.82, 2.24) is 39.8 Å². The Morgan fingerprint density at radius 3 is 2.61 bits per heavy atom. The minimum atomic E-state index is -3.45. The standard InChI is InChI=1S/C30H28FN9O3S/c1-16(2)6-25(41)36-22-10-19(13-32-15-22)20-11-24-27(39-40-28(24)34-14-20)30-37-26-23(4-5-33-29(26)38-30)18-7-17(8-21(31)9-18)12-35-44(3,42)43/h4-5,7-11,13-16,35H,6,12H2,1-3H3,(H,36,41)(H,33,37,38)(H,34,39,40). The SMILES string of the molecule is CC(C)CC(=O)Nc1cncc(-c2cnc3[nH]nc(-c4nc5c(-c6cc(F)cc(CNS(C)(=O)=O)c6)ccnc5[nH]4)c3c2)c1. The number of imidazole rings is 1. The number of pyridine rings is 3. The van der Waals surface area contributed by atoms with Gasteiger partial charge in [-0.25, -0.2) is 32.5 Å². The van der Waals surface area contributed by atoms with Gasteiger partial charge in [0.1, 0.15) is 17.0 Å². The van der Waals surface area contributed by atoms with E-state index in [2.05, 4.69) is 40.2 Å². The van der Waals surface area contributed by atoms with Crippen molar-refractivity contribution in [2.45, 2.75) is 26.8 Å². The normalized spacial score (nSPS) is 11.9. The minimum Gasteiger partial charge on any atom is -0.325 e. The third-order valence-electron chi connectivity index (χ3n) is 6.78. The molecule has 4 N–H and O–H groups in total. The molecule has 224 valence electrons. The van der Waals surface area contributed by atoms with E-state index in [0.717, 1.165) is 17.4 Å². The Morgan fingerprint density at radius 2 is 1.82 bits per heavy atom. The summed E-state index contributed by atoms with van der Waals surface area (Å²) in [7, 11) is -3.45. The molecule has 1 aromatic carbocycles. The summed E-state index contributed by atoms with van der Waals surface area (Å²) in [6, 6.07) is 9.81. The lowest BCUT2D eigenvalue weighted by Crippen LogP contribution is -2.21. The number of hydrogen-bond acceptors (Lipinski definition) is 8. The molecule has 6 rings (SSSR count). The Labute approximate surface area is 251 Å². The second-order valence-corrected chi connectivity index (χ2v) is 12.7. The second-order valence-electron chi connectivity index (χ2n) is 10.9. The maximum absolute atomic E-state index is 14.6. The van der Waals surface area contributed by atoms with Crippen molar-refractivity contribution in [1.29, 1.82) is 0 Å². The van der Waals surface area contributed by atoms with Crippen LogP contribution in [0, 0.1) is 11.7 Å². The topological polar surface area (TPSA) is 171 Å². The van der Waals surface area contributed by atoms with Gasteiger partial charge in [0.2, 0.25) is 15.9 Å². The number of carbonyl (C=O) groups excluding carboxylic acids is 1. The van der Waals surface area contributed by atoms with E-state index >= 15 is 0 Å². The molecule has 0 atom stereocenters. The fraction of sp³-hybridized carbons (Fsp3) is 0.200. The average Bonchev–Trinajstić information content (AvgIpc) is 3.59. The first-order chi connectivity index (χ1) is 21.0. The van der Waals surface area contributed by atoms with Gasteiger partial charge in [0, 0.05) is 48.2 Å². The quantitative estimate of drug-likeness (QED) is 0.180. The first kappa shape index (κ1) is 29.0. The summed E-state index contributed by atoms with van der Waals surface area (Å²) < 4.78 is 40.1. The second kappa shape index (κ2) is 11.5. The number of hydrogen-bond donors (Lipinski definition) is 4. The number of halogens is 1. The lowest BCUT2D eigenvalue weighted by Gasteiger charge is -2.08. The smallest absolute Gasteiger partial charge is 0.224 e. The number of rotatable bonds is 9. The number of nitrogens with one attached hydrogen (secondary N) is 4. The molecular weight excluding hydrogens is 585 g/mol. The molecule has 5 aromatic heterocycles. The van der Waals surface area contributed by atoms with Gasteiger partial charge in [0.05, 0.1) is 23.5 Å². The summed E-state index contributed by atoms with van der Waals surface area (Å²) in [5.74, 6) is 0.0664. The molecule has 44 heavy (non-hydrogen) atoms. The number of aromatic amines is 2. The first-order valence-corrected chi connectivity index (χ1v) is 15.6. The van der Waals surface area contributed by atoms with Gasteiger partial charge in [0.25, 0.3) is 0 Å². The molecule has 0 aliphatic heterocycles. The Kier molecular flexibility index (Phi) is 7.61. The predicted molar refractivity (Wildman–Crippen MR) is 165 cm³/mol. The number of H-pyrrole nitrogens is 2. The van der Waals surface area contributed by atoms with Gasteiger partial charge in [-0.15, -0.1) is 0 Å². The zero-order chi connectivity index (χ0) is 31.0. The molecule has 12 nitrogen and oxygen atoms in total. The molecule has 0 radical (unpaired) electrons. The van der Waals surface area contributed by atoms with Gasteiger partial charge >= 0.3 is 0 Å². The molecule has 0 saturated heterocycles. The highest BCUT2D eigenvalue weighted by atomic mass is 32.2. The number of anilines is 1. The summed E-state index contributed by atoms with van der Waals surface area (Å²) in [5.41, 5.74) is 5.70. The predicted octanol–water partition coefficient (Wildman–Crippen LogP) is 4.80. The Hall–Kier alpha value is -5.08. The highest BCUT2D eigenvalue weighted by Crippen LogP contribution is 2.33. The molecule has 1 amide bonds. The van der Waals surface area contributed by atoms with Crippen LogP contribution in [0.2, 0.25) is 0 Å². The number of sulfonamides is 1. The van der Waals surface area contributed by atoms with E-state index in [1.807, 2.05) is 26.0 Å². The summed E-state index contributed by atoms with van der Waals surface area (Å²) in [6.45, 7) is 3.91. The van der Waals surface area contributed by atoms with Crippen LogP contribution in [-0.4, -0.2) is 55.7 Å². The van der Waals surface area contributed by atoms with E-state index in [0.29, 0.717) is 62.5 Å². The fourth-order valence-electron chi connectivity index (χ4n) is 4.87. The van der Waals surface area contributed by atoms with E-state index in [1.54, 1.807) is 36.9 Å². The van der Waals surface area contributed by atoms with Crippen LogP contribution in [0.4, 0.5) is 10.1 Å². The molecule has 6 aromatic rings. The maximum atomic E-state index is 14.6. The largest absolute Gasteiger partial charge is 0.325 e. The molecule has 0 fully saturated rings. The molecule has 0 unspecified atom stereocenters. The molecule has 0 spiro atoms. The van der Waals surface area contributed by atoms with Crippen molar-refractivity contribution in [3.8, 4) is 33.8 Å². The maximum Gasteiger partial charge on any atom is 0.224 e. The average molecular weight is 614 g/mol. The Balaban J connectivity index is 1.36. The van der Waals surface area contributed by atoms with E-state index in [9.17, 15) is 17.6 Å². The molecule has 14 heteroatoms. The van der Waals surface area contributed by atoms with Crippen LogP contribution < -0.4 is 10.0 Å². The van der Waals surface area contributed by atoms with Gasteiger partial charge in [-0.2, -0.15) is 5.10 Å². The Bertz CT molecular complexity index is 2140. The molecule has 0 bridgehead atoms. The Morgan fingerprint density at radius 1 is 1.00 bits per heavy atom. The van der Waals surface area contributed by atoms with Gasteiger partial charge in [0.15, 0.2) is 17.1 Å². The summed E-state index contributed by atoms with van der Waals surface area (Å²) in [6.07, 6.45) is 8.02. The highest BCUT2D eigenvalue weighted by molar-refractivity contribution is 7.88. The summed E-state index contributed by atoms with van der Waals surface area (Å²) in [4.78, 5) is 33.5. The lowest BCUT2D eigenvalue weighted by molar-refractivity contribution is -0.116. The highest BCUT2D eigenvalue weighted by Gasteiger charge is 2.18. The van der Waals surface area contributed by atoms with E-state index in [1.165, 1.54) is 12.1 Å². The zero-order valence-electron chi connectivity index (χ0n) is 24.0. The number of aromatic nitrogens is 7.